The third-order valence-corrected chi connectivity index (χ3v) is 10.7. The third-order valence-electron chi connectivity index (χ3n) is 10.7. The van der Waals surface area contributed by atoms with E-state index in [9.17, 15) is 0 Å². The van der Waals surface area contributed by atoms with E-state index in [1.54, 1.807) is 0 Å². The number of benzene rings is 9. The normalized spacial score (nSPS) is 11.8. The van der Waals surface area contributed by atoms with Crippen LogP contribution in [-0.2, 0) is 0 Å². The molecule has 0 saturated carbocycles. The Morgan fingerprint density at radius 3 is 1.83 bits per heavy atom. The summed E-state index contributed by atoms with van der Waals surface area (Å²) >= 11 is 0. The Morgan fingerprint density at radius 2 is 0.962 bits per heavy atom. The lowest BCUT2D eigenvalue weighted by Crippen LogP contribution is -2.10. The van der Waals surface area contributed by atoms with Gasteiger partial charge in [-0.25, -0.2) is 0 Å². The Morgan fingerprint density at radius 1 is 0.321 bits per heavy atom. The van der Waals surface area contributed by atoms with Crippen LogP contribution in [0, 0.1) is 0 Å². The van der Waals surface area contributed by atoms with Gasteiger partial charge in [-0.2, -0.15) is 0 Å². The predicted molar refractivity (Wildman–Crippen MR) is 222 cm³/mol. The third kappa shape index (κ3) is 4.75. The Balaban J connectivity index is 1.10. The van der Waals surface area contributed by atoms with Gasteiger partial charge in [-0.1, -0.05) is 140 Å². The number of anilines is 3. The Labute approximate surface area is 305 Å². The Kier molecular flexibility index (Phi) is 6.55. The SMILES string of the molecule is c1ccc(-c2cccc3c2oc2c(N(c4ccc(-c5ccc6ccc7ccccc7c6c5)cc4)c4ccc5c(c4)oc4ccccc45)cccc23)cc1. The van der Waals surface area contributed by atoms with Crippen LogP contribution in [0.4, 0.5) is 17.1 Å². The first-order valence-corrected chi connectivity index (χ1v) is 18.0. The highest BCUT2D eigenvalue weighted by Crippen LogP contribution is 2.45. The number of furan rings is 2. The predicted octanol–water partition coefficient (Wildman–Crippen LogP) is 14.6. The van der Waals surface area contributed by atoms with Gasteiger partial charge in [-0.15, -0.1) is 0 Å². The fourth-order valence-corrected chi connectivity index (χ4v) is 8.09. The maximum atomic E-state index is 6.93. The van der Waals surface area contributed by atoms with Crippen LogP contribution >= 0.6 is 0 Å². The van der Waals surface area contributed by atoms with Crippen molar-refractivity contribution in [1.29, 1.82) is 0 Å². The van der Waals surface area contributed by atoms with Crippen LogP contribution < -0.4 is 4.90 Å². The molecular weight excluding hydrogens is 647 g/mol. The van der Waals surface area contributed by atoms with Gasteiger partial charge in [-0.05, 0) is 80.7 Å². The van der Waals surface area contributed by atoms with E-state index in [4.69, 9.17) is 8.83 Å². The van der Waals surface area contributed by atoms with Gasteiger partial charge >= 0.3 is 0 Å². The van der Waals surface area contributed by atoms with Crippen LogP contribution in [0.1, 0.15) is 0 Å². The first-order valence-electron chi connectivity index (χ1n) is 18.0. The molecule has 3 heteroatoms. The average molecular weight is 678 g/mol. The maximum Gasteiger partial charge on any atom is 0.159 e. The second-order valence-electron chi connectivity index (χ2n) is 13.7. The van der Waals surface area contributed by atoms with E-state index in [0.717, 1.165) is 77.6 Å². The van der Waals surface area contributed by atoms with Crippen LogP contribution in [0.2, 0.25) is 0 Å². The summed E-state index contributed by atoms with van der Waals surface area (Å²) in [5, 5.41) is 9.40. The quantitative estimate of drug-likeness (QED) is 0.170. The summed E-state index contributed by atoms with van der Waals surface area (Å²) in [6, 6.07) is 66.7. The van der Waals surface area contributed by atoms with Gasteiger partial charge in [0, 0.05) is 38.9 Å². The molecule has 0 unspecified atom stereocenters. The van der Waals surface area contributed by atoms with Crippen molar-refractivity contribution in [1.82, 2.24) is 0 Å². The zero-order valence-electron chi connectivity index (χ0n) is 28.7. The Bertz CT molecular complexity index is 3170. The van der Waals surface area contributed by atoms with E-state index in [-0.39, 0.29) is 0 Å². The summed E-state index contributed by atoms with van der Waals surface area (Å²) in [5.74, 6) is 0. The summed E-state index contributed by atoms with van der Waals surface area (Å²) < 4.78 is 13.3. The lowest BCUT2D eigenvalue weighted by molar-refractivity contribution is 0.668. The number of fused-ring (bicyclic) bond motifs is 9. The van der Waals surface area contributed by atoms with Crippen LogP contribution in [0.15, 0.2) is 197 Å². The highest BCUT2D eigenvalue weighted by molar-refractivity contribution is 6.14. The van der Waals surface area contributed by atoms with Crippen molar-refractivity contribution in [3.05, 3.63) is 188 Å². The number of hydrogen-bond donors (Lipinski definition) is 0. The lowest BCUT2D eigenvalue weighted by atomic mass is 9.97. The molecule has 0 aliphatic rings. The molecule has 0 saturated heterocycles. The molecule has 0 spiro atoms. The summed E-state index contributed by atoms with van der Waals surface area (Å²) in [5.41, 5.74) is 10.9. The smallest absolute Gasteiger partial charge is 0.159 e. The van der Waals surface area contributed by atoms with E-state index < -0.39 is 0 Å². The van der Waals surface area contributed by atoms with Gasteiger partial charge in [0.25, 0.3) is 0 Å². The van der Waals surface area contributed by atoms with Gasteiger partial charge in [0.15, 0.2) is 5.58 Å². The van der Waals surface area contributed by atoms with Crippen LogP contribution in [0.3, 0.4) is 0 Å². The van der Waals surface area contributed by atoms with Crippen molar-refractivity contribution in [2.24, 2.45) is 0 Å². The van der Waals surface area contributed by atoms with Gasteiger partial charge in [0.1, 0.15) is 16.7 Å². The zero-order valence-corrected chi connectivity index (χ0v) is 28.7. The largest absolute Gasteiger partial charge is 0.456 e. The van der Waals surface area contributed by atoms with Crippen molar-refractivity contribution in [2.45, 2.75) is 0 Å². The van der Waals surface area contributed by atoms with E-state index in [2.05, 4.69) is 175 Å². The van der Waals surface area contributed by atoms with Crippen molar-refractivity contribution in [3.63, 3.8) is 0 Å². The summed E-state index contributed by atoms with van der Waals surface area (Å²) in [6.07, 6.45) is 0. The number of rotatable bonds is 5. The molecule has 0 fully saturated rings. The van der Waals surface area contributed by atoms with Crippen molar-refractivity contribution in [3.8, 4) is 22.3 Å². The van der Waals surface area contributed by atoms with Gasteiger partial charge in [-0.3, -0.25) is 0 Å². The molecule has 0 radical (unpaired) electrons. The minimum atomic E-state index is 0.834. The van der Waals surface area contributed by atoms with E-state index in [1.807, 2.05) is 18.2 Å². The second kappa shape index (κ2) is 11.7. The molecule has 53 heavy (non-hydrogen) atoms. The molecule has 248 valence electrons. The fraction of sp³-hybridized carbons (Fsp3) is 0. The maximum absolute atomic E-state index is 6.93. The lowest BCUT2D eigenvalue weighted by Gasteiger charge is -2.25. The second-order valence-corrected chi connectivity index (χ2v) is 13.7. The number of para-hydroxylation sites is 3. The van der Waals surface area contributed by atoms with Crippen molar-refractivity contribution in [2.75, 3.05) is 4.90 Å². The topological polar surface area (TPSA) is 29.5 Å². The van der Waals surface area contributed by atoms with E-state index in [1.165, 1.54) is 27.1 Å². The van der Waals surface area contributed by atoms with Gasteiger partial charge in [0.05, 0.1) is 11.4 Å². The highest BCUT2D eigenvalue weighted by atomic mass is 16.3. The fourth-order valence-electron chi connectivity index (χ4n) is 8.09. The summed E-state index contributed by atoms with van der Waals surface area (Å²) in [4.78, 5) is 2.29. The highest BCUT2D eigenvalue weighted by Gasteiger charge is 2.22. The molecular formula is C50H31NO2. The Hall–Kier alpha value is -7.10. The summed E-state index contributed by atoms with van der Waals surface area (Å²) in [6.45, 7) is 0. The molecule has 9 aromatic carbocycles. The molecule has 2 heterocycles. The minimum Gasteiger partial charge on any atom is -0.456 e. The van der Waals surface area contributed by atoms with Gasteiger partial charge < -0.3 is 13.7 Å². The van der Waals surface area contributed by atoms with E-state index >= 15 is 0 Å². The first kappa shape index (κ1) is 29.6. The number of hydrogen-bond acceptors (Lipinski definition) is 3. The van der Waals surface area contributed by atoms with E-state index in [0.29, 0.717) is 0 Å². The average Bonchev–Trinajstić information content (AvgIpc) is 3.80. The minimum absolute atomic E-state index is 0.834. The van der Waals surface area contributed by atoms with Gasteiger partial charge in [0.2, 0.25) is 0 Å². The van der Waals surface area contributed by atoms with Crippen molar-refractivity contribution >= 4 is 82.5 Å². The molecule has 0 N–H and O–H groups in total. The standard InChI is InChI=1S/C50H31NO2/c1-2-10-33(11-3-1)40-15-8-16-43-44-17-9-18-46(50(44)53-49(40)43)51(38-28-29-42-41-14-6-7-19-47(41)52-48(42)31-38)37-26-24-32(25-27-37)36-23-22-35-21-20-34-12-4-5-13-39(34)45(35)30-36/h1-31H. The molecule has 3 nitrogen and oxygen atoms in total. The summed E-state index contributed by atoms with van der Waals surface area (Å²) in [7, 11) is 0. The monoisotopic (exact) mass is 677 g/mol. The molecule has 11 rings (SSSR count). The zero-order chi connectivity index (χ0) is 34.9. The molecule has 0 atom stereocenters. The van der Waals surface area contributed by atoms with Crippen LogP contribution in [-0.4, -0.2) is 0 Å². The molecule has 0 aliphatic carbocycles. The molecule has 0 bridgehead atoms. The molecule has 0 aliphatic heterocycles. The number of nitrogens with zero attached hydrogens (tertiary/aromatic N) is 1. The van der Waals surface area contributed by atoms with Crippen LogP contribution in [0.5, 0.6) is 0 Å². The van der Waals surface area contributed by atoms with Crippen LogP contribution in [0.25, 0.3) is 87.7 Å². The molecule has 11 aromatic rings. The molecule has 0 amide bonds. The first-order chi connectivity index (χ1) is 26.3. The molecule has 2 aromatic heterocycles. The van der Waals surface area contributed by atoms with Crippen molar-refractivity contribution < 1.29 is 8.83 Å².